The molecule has 0 spiro atoms. The summed E-state index contributed by atoms with van der Waals surface area (Å²) in [5, 5.41) is 3.99. The van der Waals surface area contributed by atoms with Gasteiger partial charge in [-0.25, -0.2) is 9.97 Å². The Bertz CT molecular complexity index is 375. The number of hydrogen-bond acceptors (Lipinski definition) is 3. The van der Waals surface area contributed by atoms with Gasteiger partial charge in [0.1, 0.15) is 12.7 Å². The van der Waals surface area contributed by atoms with Crippen LogP contribution in [0.15, 0.2) is 25.2 Å². The molecule has 1 N–H and O–H groups in total. The summed E-state index contributed by atoms with van der Waals surface area (Å²) >= 11 is 0. The van der Waals surface area contributed by atoms with Gasteiger partial charge in [0.05, 0.1) is 6.33 Å². The normalized spacial score (nSPS) is 10.7. The Morgan fingerprint density at radius 3 is 2.35 bits per heavy atom. The predicted molar refractivity (Wildman–Crippen MR) is 81.2 cm³/mol. The zero-order valence-electron chi connectivity index (χ0n) is 13.1. The van der Waals surface area contributed by atoms with Crippen LogP contribution in [0.3, 0.4) is 0 Å². The molecule has 2 aromatic rings. The molecule has 0 unspecified atom stereocenters. The van der Waals surface area contributed by atoms with Gasteiger partial charge in [-0.2, -0.15) is 5.10 Å². The van der Waals surface area contributed by atoms with Gasteiger partial charge in [-0.05, 0) is 31.1 Å². The first-order valence-electron chi connectivity index (χ1n) is 7.37. The molecule has 0 radical (unpaired) electrons. The first kappa shape index (κ1) is 16.4. The molecule has 0 bridgehead atoms. The number of aryl methyl sites for hydroxylation is 2. The minimum Gasteiger partial charge on any atom is -0.348 e. The van der Waals surface area contributed by atoms with E-state index >= 15 is 0 Å². The molecular formula is C15H27N5. The fraction of sp³-hybridized carbons (Fsp3) is 0.667. The van der Waals surface area contributed by atoms with E-state index in [4.69, 9.17) is 0 Å². The Labute approximate surface area is 121 Å². The van der Waals surface area contributed by atoms with Gasteiger partial charge in [0.15, 0.2) is 0 Å². The number of imidazole rings is 1. The van der Waals surface area contributed by atoms with Gasteiger partial charge >= 0.3 is 0 Å². The molecule has 2 heterocycles. The number of aromatic amines is 1. The lowest BCUT2D eigenvalue weighted by atomic mass is 10.1. The Morgan fingerprint density at radius 2 is 1.85 bits per heavy atom. The lowest BCUT2D eigenvalue weighted by Crippen LogP contribution is -2.01. The minimum atomic E-state index is 0.740. The SMILES string of the molecule is CC(C)CCc1cnc[nH]1.CC(C)CCn1cncn1. The molecule has 2 rings (SSSR count). The molecule has 0 aliphatic heterocycles. The number of rotatable bonds is 6. The molecule has 0 amide bonds. The molecule has 0 fully saturated rings. The van der Waals surface area contributed by atoms with E-state index in [1.807, 2.05) is 10.9 Å². The van der Waals surface area contributed by atoms with E-state index in [0.29, 0.717) is 0 Å². The third kappa shape index (κ3) is 7.71. The smallest absolute Gasteiger partial charge is 0.137 e. The van der Waals surface area contributed by atoms with Crippen LogP contribution in [0.25, 0.3) is 0 Å². The topological polar surface area (TPSA) is 59.4 Å². The molecule has 2 aromatic heterocycles. The van der Waals surface area contributed by atoms with Gasteiger partial charge in [-0.3, -0.25) is 4.68 Å². The first-order valence-corrected chi connectivity index (χ1v) is 7.37. The molecule has 0 atom stereocenters. The van der Waals surface area contributed by atoms with Gasteiger partial charge in [0, 0.05) is 18.4 Å². The first-order chi connectivity index (χ1) is 9.58. The minimum absolute atomic E-state index is 0.740. The van der Waals surface area contributed by atoms with Crippen molar-refractivity contribution in [3.8, 4) is 0 Å². The molecule has 0 aliphatic rings. The number of nitrogens with zero attached hydrogens (tertiary/aromatic N) is 4. The summed E-state index contributed by atoms with van der Waals surface area (Å²) in [6.07, 6.45) is 10.5. The summed E-state index contributed by atoms with van der Waals surface area (Å²) in [4.78, 5) is 10.9. The fourth-order valence-electron chi connectivity index (χ4n) is 1.60. The largest absolute Gasteiger partial charge is 0.348 e. The Morgan fingerprint density at radius 1 is 1.10 bits per heavy atom. The number of nitrogens with one attached hydrogen (secondary N) is 1. The quantitative estimate of drug-likeness (QED) is 0.881. The fourth-order valence-corrected chi connectivity index (χ4v) is 1.60. The van der Waals surface area contributed by atoms with E-state index in [9.17, 15) is 0 Å². The number of hydrogen-bond donors (Lipinski definition) is 1. The van der Waals surface area contributed by atoms with Crippen molar-refractivity contribution < 1.29 is 0 Å². The van der Waals surface area contributed by atoms with E-state index in [1.165, 1.54) is 18.5 Å². The van der Waals surface area contributed by atoms with Crippen LogP contribution < -0.4 is 0 Å². The molecule has 0 aromatic carbocycles. The predicted octanol–water partition coefficient (Wildman–Crippen LogP) is 3.32. The second kappa shape index (κ2) is 9.28. The second-order valence-electron chi connectivity index (χ2n) is 5.85. The maximum Gasteiger partial charge on any atom is 0.137 e. The lowest BCUT2D eigenvalue weighted by molar-refractivity contribution is 0.486. The van der Waals surface area contributed by atoms with Crippen molar-refractivity contribution in [2.45, 2.75) is 53.5 Å². The molecule has 0 aliphatic carbocycles. The van der Waals surface area contributed by atoms with Crippen LogP contribution in [0.4, 0.5) is 0 Å². The van der Waals surface area contributed by atoms with Crippen molar-refractivity contribution in [2.75, 3.05) is 0 Å². The zero-order valence-corrected chi connectivity index (χ0v) is 13.1. The summed E-state index contributed by atoms with van der Waals surface area (Å²) in [5.74, 6) is 1.52. The average molecular weight is 277 g/mol. The molecule has 0 saturated heterocycles. The summed E-state index contributed by atoms with van der Waals surface area (Å²) in [6, 6.07) is 0. The molecule has 0 saturated carbocycles. The third-order valence-electron chi connectivity index (χ3n) is 2.95. The van der Waals surface area contributed by atoms with Crippen molar-refractivity contribution in [3.05, 3.63) is 30.9 Å². The van der Waals surface area contributed by atoms with Gasteiger partial charge in [-0.1, -0.05) is 27.7 Å². The van der Waals surface area contributed by atoms with Crippen molar-refractivity contribution >= 4 is 0 Å². The van der Waals surface area contributed by atoms with Crippen LogP contribution in [0.5, 0.6) is 0 Å². The van der Waals surface area contributed by atoms with E-state index in [2.05, 4.69) is 47.7 Å². The zero-order chi connectivity index (χ0) is 14.8. The summed E-state index contributed by atoms with van der Waals surface area (Å²) in [7, 11) is 0. The van der Waals surface area contributed by atoms with Gasteiger partial charge in [0.25, 0.3) is 0 Å². The lowest BCUT2D eigenvalue weighted by Gasteiger charge is -2.02. The van der Waals surface area contributed by atoms with E-state index in [-0.39, 0.29) is 0 Å². The average Bonchev–Trinajstić information content (AvgIpc) is 3.08. The molecule has 20 heavy (non-hydrogen) atoms. The highest BCUT2D eigenvalue weighted by atomic mass is 15.3. The van der Waals surface area contributed by atoms with Gasteiger partial charge < -0.3 is 4.98 Å². The molecule has 5 nitrogen and oxygen atoms in total. The van der Waals surface area contributed by atoms with E-state index in [0.717, 1.165) is 24.8 Å². The van der Waals surface area contributed by atoms with Gasteiger partial charge in [-0.15, -0.1) is 0 Å². The highest BCUT2D eigenvalue weighted by molar-refractivity contribution is 4.93. The van der Waals surface area contributed by atoms with Crippen LogP contribution in [-0.2, 0) is 13.0 Å². The van der Waals surface area contributed by atoms with Crippen molar-refractivity contribution in [1.82, 2.24) is 24.7 Å². The standard InChI is InChI=1S/C8H14N2.C7H13N3/c1-7(2)3-4-8-5-9-6-10-8;1-7(2)3-4-10-6-8-5-9-10/h5-7H,3-4H2,1-2H3,(H,9,10);5-7H,3-4H2,1-2H3. The summed E-state index contributed by atoms with van der Waals surface area (Å²) < 4.78 is 1.86. The maximum atomic E-state index is 3.99. The summed E-state index contributed by atoms with van der Waals surface area (Å²) in [5.41, 5.74) is 1.24. The van der Waals surface area contributed by atoms with Crippen LogP contribution >= 0.6 is 0 Å². The molecular weight excluding hydrogens is 250 g/mol. The van der Waals surface area contributed by atoms with Crippen molar-refractivity contribution in [1.29, 1.82) is 0 Å². The summed E-state index contributed by atoms with van der Waals surface area (Å²) in [6.45, 7) is 9.86. The van der Waals surface area contributed by atoms with Crippen LogP contribution in [0.1, 0.15) is 46.2 Å². The van der Waals surface area contributed by atoms with Gasteiger partial charge in [0.2, 0.25) is 0 Å². The monoisotopic (exact) mass is 277 g/mol. The Kier molecular flexibility index (Phi) is 7.62. The van der Waals surface area contributed by atoms with Crippen molar-refractivity contribution in [3.63, 3.8) is 0 Å². The van der Waals surface area contributed by atoms with Crippen LogP contribution in [-0.4, -0.2) is 24.7 Å². The number of H-pyrrole nitrogens is 1. The number of aromatic nitrogens is 5. The highest BCUT2D eigenvalue weighted by Gasteiger charge is 1.96. The maximum absolute atomic E-state index is 3.99. The third-order valence-corrected chi connectivity index (χ3v) is 2.95. The second-order valence-corrected chi connectivity index (χ2v) is 5.85. The van der Waals surface area contributed by atoms with E-state index in [1.54, 1.807) is 19.0 Å². The molecule has 5 heteroatoms. The molecule has 112 valence electrons. The van der Waals surface area contributed by atoms with Crippen molar-refractivity contribution in [2.24, 2.45) is 11.8 Å². The Balaban J connectivity index is 0.000000200. The Hall–Kier alpha value is -1.65. The highest BCUT2D eigenvalue weighted by Crippen LogP contribution is 2.04. The van der Waals surface area contributed by atoms with E-state index < -0.39 is 0 Å². The van der Waals surface area contributed by atoms with Crippen LogP contribution in [0.2, 0.25) is 0 Å². The van der Waals surface area contributed by atoms with Crippen LogP contribution in [0, 0.1) is 11.8 Å².